The van der Waals surface area contributed by atoms with Crippen molar-refractivity contribution < 1.29 is 29.2 Å². The lowest BCUT2D eigenvalue weighted by Crippen LogP contribution is -1.89. The van der Waals surface area contributed by atoms with Crippen LogP contribution in [0.25, 0.3) is 33.2 Å². The van der Waals surface area contributed by atoms with Crippen LogP contribution in [0.2, 0.25) is 0 Å². The van der Waals surface area contributed by atoms with Gasteiger partial charge in [-0.1, -0.05) is 0 Å². The van der Waals surface area contributed by atoms with Gasteiger partial charge in [0.25, 0.3) is 0 Å². The molecule has 0 radical (unpaired) electrons. The van der Waals surface area contributed by atoms with Gasteiger partial charge in [-0.15, -0.1) is 0 Å². The van der Waals surface area contributed by atoms with Crippen molar-refractivity contribution in [3.63, 3.8) is 0 Å². The molecule has 2 aromatic heterocycles. The number of aromatic amines is 2. The summed E-state index contributed by atoms with van der Waals surface area (Å²) in [6.45, 7) is 0. The minimum absolute atomic E-state index is 0.0169. The first kappa shape index (κ1) is 17.7. The molecule has 8 nitrogen and oxygen atoms in total. The fraction of sp³-hybridized carbons (Fsp3) is 0.200. The van der Waals surface area contributed by atoms with E-state index in [9.17, 15) is 10.2 Å². The van der Waals surface area contributed by atoms with Crippen LogP contribution in [-0.4, -0.2) is 48.6 Å². The Hall–Kier alpha value is -3.68. The zero-order chi connectivity index (χ0) is 20.0. The lowest BCUT2D eigenvalue weighted by molar-refractivity contribution is 0.355. The van der Waals surface area contributed by atoms with Gasteiger partial charge in [-0.05, 0) is 12.1 Å². The molecule has 28 heavy (non-hydrogen) atoms. The molecule has 2 heterocycles. The van der Waals surface area contributed by atoms with Gasteiger partial charge in [-0.3, -0.25) is 0 Å². The van der Waals surface area contributed by atoms with Crippen molar-refractivity contribution in [2.45, 2.75) is 0 Å². The lowest BCUT2D eigenvalue weighted by atomic mass is 10.1. The Morgan fingerprint density at radius 2 is 0.893 bits per heavy atom. The van der Waals surface area contributed by atoms with E-state index in [1.807, 2.05) is 0 Å². The second kappa shape index (κ2) is 6.49. The number of hydrogen-bond donors (Lipinski definition) is 4. The molecule has 4 rings (SSSR count). The third-order valence-electron chi connectivity index (χ3n) is 4.80. The van der Waals surface area contributed by atoms with Crippen molar-refractivity contribution in [2.75, 3.05) is 28.4 Å². The molecular weight excluding hydrogens is 364 g/mol. The maximum Gasteiger partial charge on any atom is 0.162 e. The van der Waals surface area contributed by atoms with Crippen molar-refractivity contribution >= 4 is 21.8 Å². The van der Waals surface area contributed by atoms with Crippen molar-refractivity contribution in [3.8, 4) is 45.9 Å². The van der Waals surface area contributed by atoms with Gasteiger partial charge >= 0.3 is 0 Å². The summed E-state index contributed by atoms with van der Waals surface area (Å²) in [5, 5.41) is 22.6. The highest BCUT2D eigenvalue weighted by atomic mass is 16.5. The number of nitrogens with one attached hydrogen (secondary N) is 2. The summed E-state index contributed by atoms with van der Waals surface area (Å²) >= 11 is 0. The Morgan fingerprint density at radius 1 is 0.571 bits per heavy atom. The number of fused-ring (bicyclic) bond motifs is 2. The Balaban J connectivity index is 1.95. The van der Waals surface area contributed by atoms with Gasteiger partial charge in [0.1, 0.15) is 11.4 Å². The average Bonchev–Trinajstić information content (AvgIpc) is 3.21. The molecule has 4 N–H and O–H groups in total. The molecule has 0 aliphatic carbocycles. The molecule has 0 saturated heterocycles. The lowest BCUT2D eigenvalue weighted by Gasteiger charge is -2.06. The summed E-state index contributed by atoms with van der Waals surface area (Å²) < 4.78 is 21.2. The van der Waals surface area contributed by atoms with Crippen LogP contribution >= 0.6 is 0 Å². The minimum atomic E-state index is -0.0169. The van der Waals surface area contributed by atoms with Crippen LogP contribution in [-0.2, 0) is 0 Å². The summed E-state index contributed by atoms with van der Waals surface area (Å²) in [6, 6.07) is 6.80. The number of aromatic hydroxyl groups is 2. The van der Waals surface area contributed by atoms with Crippen LogP contribution < -0.4 is 18.9 Å². The first-order chi connectivity index (χ1) is 13.5. The first-order valence-corrected chi connectivity index (χ1v) is 8.46. The second-order valence-corrected chi connectivity index (χ2v) is 6.20. The highest BCUT2D eigenvalue weighted by molar-refractivity contribution is 6.01. The summed E-state index contributed by atoms with van der Waals surface area (Å²) in [6.07, 6.45) is 0. The molecule has 0 atom stereocenters. The number of benzene rings is 2. The molecule has 0 saturated carbocycles. The quantitative estimate of drug-likeness (QED) is 0.417. The van der Waals surface area contributed by atoms with Gasteiger partial charge in [-0.25, -0.2) is 0 Å². The van der Waals surface area contributed by atoms with Gasteiger partial charge < -0.3 is 39.1 Å². The van der Waals surface area contributed by atoms with E-state index in [2.05, 4.69) is 9.97 Å². The number of aromatic nitrogens is 2. The van der Waals surface area contributed by atoms with Gasteiger partial charge in [0.05, 0.1) is 39.5 Å². The minimum Gasteiger partial charge on any atom is -0.505 e. The monoisotopic (exact) mass is 384 g/mol. The van der Waals surface area contributed by atoms with E-state index < -0.39 is 0 Å². The fourth-order valence-electron chi connectivity index (χ4n) is 3.38. The summed E-state index contributed by atoms with van der Waals surface area (Å²) in [7, 11) is 6.13. The van der Waals surface area contributed by atoms with Crippen LogP contribution in [0.1, 0.15) is 0 Å². The third-order valence-corrected chi connectivity index (χ3v) is 4.80. The second-order valence-electron chi connectivity index (χ2n) is 6.20. The number of rotatable bonds is 5. The van der Waals surface area contributed by atoms with Gasteiger partial charge in [0, 0.05) is 22.9 Å². The number of hydrogen-bond acceptors (Lipinski definition) is 6. The molecule has 0 aliphatic rings. The van der Waals surface area contributed by atoms with Gasteiger partial charge in [0.15, 0.2) is 34.5 Å². The van der Waals surface area contributed by atoms with E-state index in [1.165, 1.54) is 28.4 Å². The zero-order valence-corrected chi connectivity index (χ0v) is 15.8. The molecule has 0 bridgehead atoms. The largest absolute Gasteiger partial charge is 0.505 e. The van der Waals surface area contributed by atoms with Crippen molar-refractivity contribution in [1.29, 1.82) is 0 Å². The Labute approximate surface area is 160 Å². The van der Waals surface area contributed by atoms with Crippen LogP contribution in [0.15, 0.2) is 24.3 Å². The molecular formula is C20H20N2O6. The van der Waals surface area contributed by atoms with Gasteiger partial charge in [0.2, 0.25) is 0 Å². The SMILES string of the molecule is COc1cc2[nH]c(-c3[nH]c4cc(OC)c(OC)cc4c3O)c(O)c2cc1OC. The molecule has 2 aromatic carbocycles. The highest BCUT2D eigenvalue weighted by Gasteiger charge is 2.22. The molecule has 0 fully saturated rings. The Kier molecular flexibility index (Phi) is 4.11. The van der Waals surface area contributed by atoms with Crippen LogP contribution in [0.3, 0.4) is 0 Å². The number of methoxy groups -OCH3 is 4. The van der Waals surface area contributed by atoms with E-state index in [0.717, 1.165) is 0 Å². The molecule has 0 aliphatic heterocycles. The summed E-state index contributed by atoms with van der Waals surface area (Å²) in [4.78, 5) is 6.25. The smallest absolute Gasteiger partial charge is 0.162 e. The van der Waals surface area contributed by atoms with Gasteiger partial charge in [-0.2, -0.15) is 0 Å². The molecule has 4 aromatic rings. The molecule has 0 spiro atoms. The van der Waals surface area contributed by atoms with E-state index in [0.29, 0.717) is 56.2 Å². The van der Waals surface area contributed by atoms with Crippen molar-refractivity contribution in [1.82, 2.24) is 9.97 Å². The van der Waals surface area contributed by atoms with E-state index >= 15 is 0 Å². The number of H-pyrrole nitrogens is 2. The predicted molar refractivity (Wildman–Crippen MR) is 105 cm³/mol. The van der Waals surface area contributed by atoms with Crippen molar-refractivity contribution in [2.24, 2.45) is 0 Å². The van der Waals surface area contributed by atoms with Crippen molar-refractivity contribution in [3.05, 3.63) is 24.3 Å². The first-order valence-electron chi connectivity index (χ1n) is 8.46. The number of ether oxygens (including phenoxy) is 4. The topological polar surface area (TPSA) is 109 Å². The standard InChI is InChI=1S/C20H20N2O6/c1-25-13-5-9-11(7-15(13)27-3)21-17(19(9)23)18-20(24)10-6-14(26-2)16(28-4)8-12(10)22-18/h5-8,21-24H,1-4H3. The molecule has 8 heteroatoms. The predicted octanol–water partition coefficient (Wildman–Crippen LogP) is 3.76. The Morgan fingerprint density at radius 3 is 1.21 bits per heavy atom. The molecule has 146 valence electrons. The third kappa shape index (κ3) is 2.45. The van der Waals surface area contributed by atoms with E-state index in [-0.39, 0.29) is 11.5 Å². The van der Waals surface area contributed by atoms with E-state index in [1.54, 1.807) is 24.3 Å². The normalized spacial score (nSPS) is 11.1. The highest BCUT2D eigenvalue weighted by Crippen LogP contribution is 2.46. The fourth-order valence-corrected chi connectivity index (χ4v) is 3.38. The summed E-state index contributed by atoms with van der Waals surface area (Å²) in [5.74, 6) is 2.00. The van der Waals surface area contributed by atoms with E-state index in [4.69, 9.17) is 18.9 Å². The maximum atomic E-state index is 10.8. The van der Waals surface area contributed by atoms with Crippen LogP contribution in [0, 0.1) is 0 Å². The van der Waals surface area contributed by atoms with Crippen LogP contribution in [0.5, 0.6) is 34.5 Å². The average molecular weight is 384 g/mol. The molecule has 0 amide bonds. The molecule has 0 unspecified atom stereocenters. The van der Waals surface area contributed by atoms with Crippen LogP contribution in [0.4, 0.5) is 0 Å². The maximum absolute atomic E-state index is 10.8. The Bertz CT molecular complexity index is 1100. The zero-order valence-electron chi connectivity index (χ0n) is 15.8. The summed E-state index contributed by atoms with van der Waals surface area (Å²) in [5.41, 5.74) is 1.96.